The number of carbonyl (C=O) groups is 2. The summed E-state index contributed by atoms with van der Waals surface area (Å²) in [6.07, 6.45) is -4.19. The standard InChI is InChI=1S/C11H16F3NO3/c1-4-5-8(10(17)18-3)15-9(16)7(2)6-11(12,13)14/h4,7-8H,1,5-6H2,2-3H3,(H,15,16). The summed E-state index contributed by atoms with van der Waals surface area (Å²) in [5.41, 5.74) is 0. The number of hydrogen-bond donors (Lipinski definition) is 1. The molecule has 2 unspecified atom stereocenters. The zero-order valence-corrected chi connectivity index (χ0v) is 10.2. The zero-order chi connectivity index (χ0) is 14.3. The van der Waals surface area contributed by atoms with Crippen LogP contribution in [0.15, 0.2) is 12.7 Å². The Labute approximate surface area is 103 Å². The topological polar surface area (TPSA) is 55.4 Å². The van der Waals surface area contributed by atoms with Crippen molar-refractivity contribution in [2.45, 2.75) is 32.0 Å². The summed E-state index contributed by atoms with van der Waals surface area (Å²) >= 11 is 0. The molecule has 1 N–H and O–H groups in total. The second kappa shape index (κ2) is 7.03. The molecule has 0 aliphatic carbocycles. The van der Waals surface area contributed by atoms with Crippen LogP contribution in [0.4, 0.5) is 13.2 Å². The molecule has 2 atom stereocenters. The molecule has 0 aromatic heterocycles. The average Bonchev–Trinajstić information content (AvgIpc) is 2.24. The monoisotopic (exact) mass is 267 g/mol. The van der Waals surface area contributed by atoms with Crippen molar-refractivity contribution in [2.75, 3.05) is 7.11 Å². The van der Waals surface area contributed by atoms with E-state index < -0.39 is 36.4 Å². The van der Waals surface area contributed by atoms with Gasteiger partial charge in [-0.3, -0.25) is 4.79 Å². The number of ether oxygens (including phenoxy) is 1. The van der Waals surface area contributed by atoms with Crippen molar-refractivity contribution in [1.82, 2.24) is 5.32 Å². The van der Waals surface area contributed by atoms with Crippen molar-refractivity contribution in [1.29, 1.82) is 0 Å². The van der Waals surface area contributed by atoms with Gasteiger partial charge < -0.3 is 10.1 Å². The predicted octanol–water partition coefficient (Wildman–Crippen LogP) is 1.81. The van der Waals surface area contributed by atoms with Crippen LogP contribution in [0.1, 0.15) is 19.8 Å². The molecule has 0 aromatic rings. The summed E-state index contributed by atoms with van der Waals surface area (Å²) in [5, 5.41) is 2.21. The largest absolute Gasteiger partial charge is 0.467 e. The van der Waals surface area contributed by atoms with Gasteiger partial charge >= 0.3 is 12.1 Å². The predicted molar refractivity (Wildman–Crippen MR) is 58.6 cm³/mol. The molecule has 18 heavy (non-hydrogen) atoms. The lowest BCUT2D eigenvalue weighted by atomic mass is 10.1. The first-order valence-corrected chi connectivity index (χ1v) is 5.27. The summed E-state index contributed by atoms with van der Waals surface area (Å²) in [5.74, 6) is -2.82. The van der Waals surface area contributed by atoms with Gasteiger partial charge in [-0.1, -0.05) is 13.0 Å². The van der Waals surface area contributed by atoms with Crippen LogP contribution in [0.3, 0.4) is 0 Å². The Hall–Kier alpha value is -1.53. The quantitative estimate of drug-likeness (QED) is 0.590. The molecule has 0 heterocycles. The first-order valence-electron chi connectivity index (χ1n) is 5.27. The molecule has 0 saturated heterocycles. The minimum atomic E-state index is -4.42. The number of rotatable bonds is 6. The highest BCUT2D eigenvalue weighted by Gasteiger charge is 2.34. The summed E-state index contributed by atoms with van der Waals surface area (Å²) in [6.45, 7) is 4.53. The van der Waals surface area contributed by atoms with Gasteiger partial charge in [-0.2, -0.15) is 13.2 Å². The third-order valence-corrected chi connectivity index (χ3v) is 2.19. The van der Waals surface area contributed by atoms with Crippen LogP contribution in [0.2, 0.25) is 0 Å². The van der Waals surface area contributed by atoms with Gasteiger partial charge in [-0.15, -0.1) is 6.58 Å². The molecule has 1 amide bonds. The lowest BCUT2D eigenvalue weighted by Gasteiger charge is -2.18. The zero-order valence-electron chi connectivity index (χ0n) is 10.2. The van der Waals surface area contributed by atoms with Crippen LogP contribution in [-0.4, -0.2) is 31.2 Å². The molecule has 0 radical (unpaired) electrons. The van der Waals surface area contributed by atoms with Crippen LogP contribution in [0.25, 0.3) is 0 Å². The Balaban J connectivity index is 4.50. The fraction of sp³-hybridized carbons (Fsp3) is 0.636. The van der Waals surface area contributed by atoms with E-state index in [0.717, 1.165) is 14.0 Å². The molecule has 0 rings (SSSR count). The number of esters is 1. The van der Waals surface area contributed by atoms with Gasteiger partial charge in [-0.25, -0.2) is 4.79 Å². The number of hydrogen-bond acceptors (Lipinski definition) is 3. The van der Waals surface area contributed by atoms with Crippen LogP contribution < -0.4 is 5.32 Å². The van der Waals surface area contributed by atoms with Crippen molar-refractivity contribution >= 4 is 11.9 Å². The maximum atomic E-state index is 12.1. The van der Waals surface area contributed by atoms with Crippen molar-refractivity contribution in [3.8, 4) is 0 Å². The Morgan fingerprint density at radius 1 is 1.44 bits per heavy atom. The van der Waals surface area contributed by atoms with Crippen LogP contribution >= 0.6 is 0 Å². The van der Waals surface area contributed by atoms with Crippen LogP contribution in [-0.2, 0) is 14.3 Å². The van der Waals surface area contributed by atoms with Gasteiger partial charge in [0.2, 0.25) is 5.91 Å². The molecular weight excluding hydrogens is 251 g/mol. The second-order valence-corrected chi connectivity index (χ2v) is 3.83. The molecule has 0 spiro atoms. The van der Waals surface area contributed by atoms with E-state index >= 15 is 0 Å². The number of nitrogens with one attached hydrogen (secondary N) is 1. The summed E-state index contributed by atoms with van der Waals surface area (Å²) in [4.78, 5) is 22.7. The van der Waals surface area contributed by atoms with Crippen molar-refractivity contribution in [3.63, 3.8) is 0 Å². The van der Waals surface area contributed by atoms with Gasteiger partial charge in [0.05, 0.1) is 13.5 Å². The molecule has 4 nitrogen and oxygen atoms in total. The van der Waals surface area contributed by atoms with E-state index in [0.29, 0.717) is 0 Å². The Morgan fingerprint density at radius 2 is 2.00 bits per heavy atom. The third kappa shape index (κ3) is 6.27. The second-order valence-electron chi connectivity index (χ2n) is 3.83. The first-order chi connectivity index (χ1) is 8.21. The van der Waals surface area contributed by atoms with Gasteiger partial charge in [0, 0.05) is 5.92 Å². The molecule has 0 saturated carbocycles. The van der Waals surface area contributed by atoms with Gasteiger partial charge in [0.25, 0.3) is 0 Å². The summed E-state index contributed by atoms with van der Waals surface area (Å²) in [6, 6.07) is -1.00. The SMILES string of the molecule is C=CCC(NC(=O)C(C)CC(F)(F)F)C(=O)OC. The highest BCUT2D eigenvalue weighted by molar-refractivity contribution is 5.85. The van der Waals surface area contributed by atoms with E-state index in [1.165, 1.54) is 6.08 Å². The van der Waals surface area contributed by atoms with Crippen molar-refractivity contribution < 1.29 is 27.5 Å². The third-order valence-electron chi connectivity index (χ3n) is 2.19. The number of methoxy groups -OCH3 is 1. The molecule has 7 heteroatoms. The van der Waals surface area contributed by atoms with E-state index in [-0.39, 0.29) is 6.42 Å². The lowest BCUT2D eigenvalue weighted by molar-refractivity contribution is -0.154. The van der Waals surface area contributed by atoms with Gasteiger partial charge in [0.15, 0.2) is 0 Å². The highest BCUT2D eigenvalue weighted by Crippen LogP contribution is 2.24. The van der Waals surface area contributed by atoms with E-state index in [9.17, 15) is 22.8 Å². The molecule has 0 aromatic carbocycles. The maximum Gasteiger partial charge on any atom is 0.389 e. The molecule has 0 aliphatic heterocycles. The maximum absolute atomic E-state index is 12.1. The molecule has 0 fully saturated rings. The van der Waals surface area contributed by atoms with Crippen LogP contribution in [0.5, 0.6) is 0 Å². The first kappa shape index (κ1) is 16.5. The number of halogens is 3. The van der Waals surface area contributed by atoms with Crippen molar-refractivity contribution in [3.05, 3.63) is 12.7 Å². The number of amides is 1. The number of carbonyl (C=O) groups excluding carboxylic acids is 2. The van der Waals surface area contributed by atoms with Gasteiger partial charge in [0.1, 0.15) is 6.04 Å². The van der Waals surface area contributed by atoms with E-state index in [4.69, 9.17) is 0 Å². The number of alkyl halides is 3. The minimum absolute atomic E-state index is 0.0944. The molecule has 0 aliphatic rings. The summed E-state index contributed by atoms with van der Waals surface area (Å²) in [7, 11) is 1.13. The van der Waals surface area contributed by atoms with Crippen LogP contribution in [0, 0.1) is 5.92 Å². The molecule has 0 bridgehead atoms. The average molecular weight is 267 g/mol. The highest BCUT2D eigenvalue weighted by atomic mass is 19.4. The lowest BCUT2D eigenvalue weighted by Crippen LogP contribution is -2.44. The Bertz CT molecular complexity index is 315. The van der Waals surface area contributed by atoms with E-state index in [2.05, 4.69) is 16.6 Å². The summed E-state index contributed by atoms with van der Waals surface area (Å²) < 4.78 is 40.7. The van der Waals surface area contributed by atoms with Gasteiger partial charge in [-0.05, 0) is 6.42 Å². The van der Waals surface area contributed by atoms with E-state index in [1.807, 2.05) is 0 Å². The fourth-order valence-corrected chi connectivity index (χ4v) is 1.28. The Morgan fingerprint density at radius 3 is 2.39 bits per heavy atom. The normalized spacial score (nSPS) is 14.5. The smallest absolute Gasteiger partial charge is 0.389 e. The fourth-order valence-electron chi connectivity index (χ4n) is 1.28. The molecule has 104 valence electrons. The molecular formula is C11H16F3NO3. The van der Waals surface area contributed by atoms with Crippen molar-refractivity contribution in [2.24, 2.45) is 5.92 Å². The van der Waals surface area contributed by atoms with E-state index in [1.54, 1.807) is 0 Å². The minimum Gasteiger partial charge on any atom is -0.467 e. The Kier molecular flexibility index (Phi) is 6.43.